The third-order valence-corrected chi connectivity index (χ3v) is 6.51. The molecule has 1 aliphatic rings. The van der Waals surface area contributed by atoms with E-state index in [1.165, 1.54) is 29.2 Å². The Hall–Kier alpha value is -2.39. The molecule has 0 radical (unpaired) electrons. The van der Waals surface area contributed by atoms with Gasteiger partial charge in [0.1, 0.15) is 33.7 Å². The van der Waals surface area contributed by atoms with Crippen molar-refractivity contribution in [2.45, 2.75) is 44.4 Å². The van der Waals surface area contributed by atoms with Crippen molar-refractivity contribution < 1.29 is 8.60 Å². The standard InChI is InChI=1S/C20H21ClFN5O2S/c1-20(2,3)30(29)25-15(11-5-8-14(22)13(21)9-11)18-16-17(24-26(18)4)19(28)27(10-23-16)12-6-7-12/h5,8-10,12H,6-7H2,1-4H3/b25-15+. The Morgan fingerprint density at radius 1 is 1.30 bits per heavy atom. The second-order valence-corrected chi connectivity index (χ2v) is 10.6. The van der Waals surface area contributed by atoms with E-state index in [9.17, 15) is 13.4 Å². The van der Waals surface area contributed by atoms with Crippen molar-refractivity contribution in [1.29, 1.82) is 0 Å². The van der Waals surface area contributed by atoms with Crippen LogP contribution in [0.3, 0.4) is 0 Å². The monoisotopic (exact) mass is 449 g/mol. The first-order valence-corrected chi connectivity index (χ1v) is 11.0. The molecular weight excluding hydrogens is 429 g/mol. The van der Waals surface area contributed by atoms with E-state index in [0.717, 1.165) is 12.8 Å². The highest BCUT2D eigenvalue weighted by molar-refractivity contribution is 7.85. The zero-order valence-electron chi connectivity index (χ0n) is 17.0. The van der Waals surface area contributed by atoms with Gasteiger partial charge in [0, 0.05) is 18.7 Å². The van der Waals surface area contributed by atoms with Crippen LogP contribution >= 0.6 is 11.6 Å². The number of rotatable bonds is 4. The van der Waals surface area contributed by atoms with Gasteiger partial charge in [-0.3, -0.25) is 14.0 Å². The predicted molar refractivity (Wildman–Crippen MR) is 116 cm³/mol. The highest BCUT2D eigenvalue weighted by Crippen LogP contribution is 2.33. The first-order chi connectivity index (χ1) is 14.1. The molecule has 7 nitrogen and oxygen atoms in total. The average molecular weight is 450 g/mol. The Morgan fingerprint density at radius 3 is 2.60 bits per heavy atom. The molecule has 0 saturated heterocycles. The maximum absolute atomic E-state index is 13.8. The molecule has 10 heteroatoms. The van der Waals surface area contributed by atoms with Crippen LogP contribution in [-0.2, 0) is 18.0 Å². The molecule has 30 heavy (non-hydrogen) atoms. The zero-order valence-corrected chi connectivity index (χ0v) is 18.6. The van der Waals surface area contributed by atoms with E-state index in [4.69, 9.17) is 11.6 Å². The molecule has 158 valence electrons. The van der Waals surface area contributed by atoms with Crippen molar-refractivity contribution in [2.24, 2.45) is 11.4 Å². The van der Waals surface area contributed by atoms with Crippen LogP contribution in [0.2, 0.25) is 5.02 Å². The summed E-state index contributed by atoms with van der Waals surface area (Å²) < 4.78 is 33.5. The van der Waals surface area contributed by atoms with Crippen LogP contribution in [0.4, 0.5) is 4.39 Å². The number of hydrogen-bond acceptors (Lipinski definition) is 4. The van der Waals surface area contributed by atoms with E-state index in [-0.39, 0.29) is 27.9 Å². The van der Waals surface area contributed by atoms with Crippen LogP contribution < -0.4 is 5.56 Å². The normalized spacial score (nSPS) is 16.3. The third kappa shape index (κ3) is 3.72. The Kier molecular flexibility index (Phi) is 5.14. The number of aromatic nitrogens is 4. The number of benzene rings is 1. The van der Waals surface area contributed by atoms with Gasteiger partial charge in [-0.1, -0.05) is 11.6 Å². The Morgan fingerprint density at radius 2 is 2.00 bits per heavy atom. The van der Waals surface area contributed by atoms with E-state index in [0.29, 0.717) is 16.8 Å². The quantitative estimate of drug-likeness (QED) is 0.570. The molecule has 0 spiro atoms. The van der Waals surface area contributed by atoms with Gasteiger partial charge in [0.05, 0.1) is 16.1 Å². The summed E-state index contributed by atoms with van der Waals surface area (Å²) in [5.41, 5.74) is 1.50. The van der Waals surface area contributed by atoms with E-state index in [2.05, 4.69) is 14.5 Å². The summed E-state index contributed by atoms with van der Waals surface area (Å²) in [6, 6.07) is 4.31. The lowest BCUT2D eigenvalue weighted by Gasteiger charge is -2.16. The van der Waals surface area contributed by atoms with Gasteiger partial charge in [-0.05, 0) is 51.8 Å². The van der Waals surface area contributed by atoms with Crippen LogP contribution in [0.15, 0.2) is 33.7 Å². The van der Waals surface area contributed by atoms with Crippen molar-refractivity contribution in [1.82, 2.24) is 19.3 Å². The molecule has 1 aliphatic carbocycles. The lowest BCUT2D eigenvalue weighted by molar-refractivity contribution is 0.628. The van der Waals surface area contributed by atoms with Crippen molar-refractivity contribution >= 4 is 39.3 Å². The molecule has 1 fully saturated rings. The highest BCUT2D eigenvalue weighted by atomic mass is 35.5. The van der Waals surface area contributed by atoms with Crippen molar-refractivity contribution in [2.75, 3.05) is 0 Å². The number of nitrogens with zero attached hydrogens (tertiary/aromatic N) is 5. The Labute approximate surface area is 180 Å². The maximum Gasteiger partial charge on any atom is 0.282 e. The number of hydrogen-bond donors (Lipinski definition) is 0. The second kappa shape index (κ2) is 7.39. The minimum Gasteiger partial charge on any atom is -0.294 e. The molecule has 1 aromatic carbocycles. The van der Waals surface area contributed by atoms with E-state index in [1.54, 1.807) is 32.4 Å². The van der Waals surface area contributed by atoms with Gasteiger partial charge in [-0.15, -0.1) is 0 Å². The summed E-state index contributed by atoms with van der Waals surface area (Å²) in [6.07, 6.45) is 3.40. The topological polar surface area (TPSA) is 82.1 Å². The SMILES string of the molecule is Cn1nc2c(=O)n(C3CC3)cnc2c1/C(=N/S(=O)C(C)(C)C)c1ccc(F)c(Cl)c1. The molecule has 0 N–H and O–H groups in total. The van der Waals surface area contributed by atoms with Gasteiger partial charge >= 0.3 is 0 Å². The summed E-state index contributed by atoms with van der Waals surface area (Å²) in [7, 11) is 0.0414. The smallest absolute Gasteiger partial charge is 0.282 e. The zero-order chi connectivity index (χ0) is 21.8. The van der Waals surface area contributed by atoms with Gasteiger partial charge in [-0.2, -0.15) is 9.50 Å². The lowest BCUT2D eigenvalue weighted by atomic mass is 10.1. The molecule has 0 amide bonds. The molecule has 1 unspecified atom stereocenters. The Balaban J connectivity index is 1.98. The third-order valence-electron chi connectivity index (χ3n) is 4.83. The molecule has 0 aliphatic heterocycles. The van der Waals surface area contributed by atoms with E-state index in [1.807, 2.05) is 0 Å². The van der Waals surface area contributed by atoms with Crippen LogP contribution in [0, 0.1) is 5.82 Å². The molecule has 0 bridgehead atoms. The summed E-state index contributed by atoms with van der Waals surface area (Å²) in [5, 5.41) is 4.29. The van der Waals surface area contributed by atoms with Crippen LogP contribution in [0.5, 0.6) is 0 Å². The molecule has 1 atom stereocenters. The lowest BCUT2D eigenvalue weighted by Crippen LogP contribution is -2.22. The van der Waals surface area contributed by atoms with Gasteiger partial charge in [-0.25, -0.2) is 13.6 Å². The minimum absolute atomic E-state index is 0.0859. The van der Waals surface area contributed by atoms with Crippen LogP contribution in [-0.4, -0.2) is 34.0 Å². The first kappa shape index (κ1) is 20.9. The van der Waals surface area contributed by atoms with Gasteiger partial charge in [0.15, 0.2) is 5.52 Å². The molecule has 2 aromatic heterocycles. The fraction of sp³-hybridized carbons (Fsp3) is 0.400. The first-order valence-electron chi connectivity index (χ1n) is 9.48. The summed E-state index contributed by atoms with van der Waals surface area (Å²) in [5.74, 6) is -0.572. The largest absolute Gasteiger partial charge is 0.294 e. The highest BCUT2D eigenvalue weighted by Gasteiger charge is 2.29. The summed E-state index contributed by atoms with van der Waals surface area (Å²) in [6.45, 7) is 5.40. The van der Waals surface area contributed by atoms with Crippen LogP contribution in [0.25, 0.3) is 11.0 Å². The van der Waals surface area contributed by atoms with Crippen molar-refractivity contribution in [3.8, 4) is 0 Å². The second-order valence-electron chi connectivity index (χ2n) is 8.29. The number of aryl methyl sites for hydroxylation is 1. The van der Waals surface area contributed by atoms with Crippen molar-refractivity contribution in [3.63, 3.8) is 0 Å². The van der Waals surface area contributed by atoms with Crippen LogP contribution in [0.1, 0.15) is 50.9 Å². The van der Waals surface area contributed by atoms with Gasteiger partial charge < -0.3 is 0 Å². The van der Waals surface area contributed by atoms with Crippen molar-refractivity contribution in [3.05, 3.63) is 57.0 Å². The Bertz CT molecular complexity index is 1270. The van der Waals surface area contributed by atoms with Gasteiger partial charge in [0.25, 0.3) is 5.56 Å². The fourth-order valence-corrected chi connectivity index (χ4v) is 3.86. The van der Waals surface area contributed by atoms with E-state index < -0.39 is 21.5 Å². The molecule has 3 aromatic rings. The minimum atomic E-state index is -1.62. The number of fused-ring (bicyclic) bond motifs is 1. The number of halogens is 2. The molecular formula is C20H21ClFN5O2S. The molecule has 1 saturated carbocycles. The average Bonchev–Trinajstić information content (AvgIpc) is 3.44. The molecule has 4 rings (SSSR count). The maximum atomic E-state index is 13.8. The molecule has 2 heterocycles. The summed E-state index contributed by atoms with van der Waals surface area (Å²) >= 11 is 5.99. The fourth-order valence-electron chi connectivity index (χ4n) is 3.05. The summed E-state index contributed by atoms with van der Waals surface area (Å²) in [4.78, 5) is 17.4. The predicted octanol–water partition coefficient (Wildman–Crippen LogP) is 3.56. The van der Waals surface area contributed by atoms with E-state index >= 15 is 0 Å². The van der Waals surface area contributed by atoms with Gasteiger partial charge in [0.2, 0.25) is 0 Å².